The number of rotatable bonds is 5. The van der Waals surface area contributed by atoms with E-state index in [1.54, 1.807) is 12.1 Å². The number of hydrogen-bond donors (Lipinski definition) is 2. The number of halogens is 1. The summed E-state index contributed by atoms with van der Waals surface area (Å²) in [6.07, 6.45) is 2.18. The first-order valence-electron chi connectivity index (χ1n) is 6.64. The highest BCUT2D eigenvalue weighted by molar-refractivity contribution is 5.78. The summed E-state index contributed by atoms with van der Waals surface area (Å²) in [5.74, 6) is -0.275. The normalized spacial score (nSPS) is 19.6. The van der Waals surface area contributed by atoms with Gasteiger partial charge in [0.05, 0.1) is 6.54 Å². The van der Waals surface area contributed by atoms with Crippen molar-refractivity contribution in [1.29, 1.82) is 0 Å². The van der Waals surface area contributed by atoms with Crippen LogP contribution in [0.1, 0.15) is 18.4 Å². The summed E-state index contributed by atoms with van der Waals surface area (Å²) in [5, 5.41) is 2.85. The summed E-state index contributed by atoms with van der Waals surface area (Å²) in [6, 6.07) is 6.47. The van der Waals surface area contributed by atoms with Gasteiger partial charge < -0.3 is 11.1 Å². The molecule has 0 aliphatic carbocycles. The number of carbonyl (C=O) groups is 1. The molecule has 4 nitrogen and oxygen atoms in total. The highest BCUT2D eigenvalue weighted by Gasteiger charge is 2.24. The van der Waals surface area contributed by atoms with Crippen LogP contribution in [-0.4, -0.2) is 36.5 Å². The van der Waals surface area contributed by atoms with Crippen LogP contribution >= 0.6 is 0 Å². The van der Waals surface area contributed by atoms with Crippen molar-refractivity contribution in [1.82, 2.24) is 10.2 Å². The van der Waals surface area contributed by atoms with Crippen LogP contribution in [0.15, 0.2) is 24.3 Å². The molecule has 0 bridgehead atoms. The zero-order valence-electron chi connectivity index (χ0n) is 10.9. The molecule has 0 aromatic heterocycles. The molecule has 1 unspecified atom stereocenters. The monoisotopic (exact) mass is 265 g/mol. The minimum Gasteiger partial charge on any atom is -0.351 e. The maximum absolute atomic E-state index is 12.7. The van der Waals surface area contributed by atoms with Gasteiger partial charge in [0.25, 0.3) is 0 Å². The molecule has 1 atom stereocenters. The first kappa shape index (κ1) is 14.0. The van der Waals surface area contributed by atoms with Crippen molar-refractivity contribution >= 4 is 5.91 Å². The SMILES string of the molecule is NCC1CCCN1CC(=O)NCc1ccc(F)cc1. The fourth-order valence-corrected chi connectivity index (χ4v) is 2.41. The average Bonchev–Trinajstić information content (AvgIpc) is 2.85. The molecule has 1 heterocycles. The van der Waals surface area contributed by atoms with E-state index in [0.29, 0.717) is 25.7 Å². The zero-order chi connectivity index (χ0) is 13.7. The average molecular weight is 265 g/mol. The Balaban J connectivity index is 1.77. The van der Waals surface area contributed by atoms with E-state index in [0.717, 1.165) is 24.9 Å². The lowest BCUT2D eigenvalue weighted by molar-refractivity contribution is -0.122. The third kappa shape index (κ3) is 4.01. The molecule has 0 spiro atoms. The van der Waals surface area contributed by atoms with Crippen molar-refractivity contribution in [3.05, 3.63) is 35.6 Å². The molecule has 104 valence electrons. The van der Waals surface area contributed by atoms with Crippen molar-refractivity contribution in [2.45, 2.75) is 25.4 Å². The van der Waals surface area contributed by atoms with Crippen molar-refractivity contribution in [3.8, 4) is 0 Å². The van der Waals surface area contributed by atoms with Gasteiger partial charge in [-0.3, -0.25) is 9.69 Å². The maximum atomic E-state index is 12.7. The Morgan fingerprint density at radius 1 is 1.42 bits per heavy atom. The van der Waals surface area contributed by atoms with Crippen LogP contribution in [0.2, 0.25) is 0 Å². The molecule has 1 fully saturated rings. The number of nitrogens with two attached hydrogens (primary N) is 1. The predicted octanol–water partition coefficient (Wildman–Crippen LogP) is 0.865. The summed E-state index contributed by atoms with van der Waals surface area (Å²) in [7, 11) is 0. The van der Waals surface area contributed by atoms with Crippen molar-refractivity contribution < 1.29 is 9.18 Å². The second kappa shape index (κ2) is 6.63. The number of nitrogens with one attached hydrogen (secondary N) is 1. The molecule has 1 aliphatic rings. The molecule has 0 saturated carbocycles. The second-order valence-corrected chi connectivity index (χ2v) is 4.91. The molecule has 1 aliphatic heterocycles. The summed E-state index contributed by atoms with van der Waals surface area (Å²) in [6.45, 7) is 2.36. The van der Waals surface area contributed by atoms with Crippen LogP contribution in [0, 0.1) is 5.82 Å². The van der Waals surface area contributed by atoms with Gasteiger partial charge in [-0.1, -0.05) is 12.1 Å². The lowest BCUT2D eigenvalue weighted by Gasteiger charge is -2.22. The number of likely N-dealkylation sites (tertiary alicyclic amines) is 1. The zero-order valence-corrected chi connectivity index (χ0v) is 10.9. The Kier molecular flexibility index (Phi) is 4.87. The lowest BCUT2D eigenvalue weighted by atomic mass is 10.2. The van der Waals surface area contributed by atoms with Gasteiger partial charge in [0.15, 0.2) is 0 Å². The van der Waals surface area contributed by atoms with Crippen LogP contribution < -0.4 is 11.1 Å². The molecule has 5 heteroatoms. The number of benzene rings is 1. The van der Waals surface area contributed by atoms with Crippen LogP contribution in [0.4, 0.5) is 4.39 Å². The number of amides is 1. The third-order valence-corrected chi connectivity index (χ3v) is 3.52. The van der Waals surface area contributed by atoms with E-state index in [4.69, 9.17) is 5.73 Å². The summed E-state index contributed by atoms with van der Waals surface area (Å²) in [5.41, 5.74) is 6.57. The smallest absolute Gasteiger partial charge is 0.234 e. The van der Waals surface area contributed by atoms with E-state index in [1.807, 2.05) is 0 Å². The van der Waals surface area contributed by atoms with Crippen molar-refractivity contribution in [2.24, 2.45) is 5.73 Å². The largest absolute Gasteiger partial charge is 0.351 e. The van der Waals surface area contributed by atoms with Gasteiger partial charge >= 0.3 is 0 Å². The van der Waals surface area contributed by atoms with Gasteiger partial charge in [-0.15, -0.1) is 0 Å². The molecule has 1 aromatic rings. The molecule has 1 aromatic carbocycles. The molecular weight excluding hydrogens is 245 g/mol. The van der Waals surface area contributed by atoms with Gasteiger partial charge in [-0.25, -0.2) is 4.39 Å². The molecule has 2 rings (SSSR count). The van der Waals surface area contributed by atoms with Gasteiger partial charge in [0.2, 0.25) is 5.91 Å². The standard InChI is InChI=1S/C14H20FN3O/c15-12-5-3-11(4-6-12)9-17-14(19)10-18-7-1-2-13(18)8-16/h3-6,13H,1-2,7-10,16H2,(H,17,19). The van der Waals surface area contributed by atoms with E-state index in [1.165, 1.54) is 12.1 Å². The number of nitrogens with zero attached hydrogens (tertiary/aromatic N) is 1. The van der Waals surface area contributed by atoms with E-state index in [2.05, 4.69) is 10.2 Å². The van der Waals surface area contributed by atoms with Crippen molar-refractivity contribution in [2.75, 3.05) is 19.6 Å². The Hall–Kier alpha value is -1.46. The fraction of sp³-hybridized carbons (Fsp3) is 0.500. The van der Waals surface area contributed by atoms with Crippen molar-refractivity contribution in [3.63, 3.8) is 0 Å². The molecule has 19 heavy (non-hydrogen) atoms. The first-order valence-corrected chi connectivity index (χ1v) is 6.64. The Labute approximate surface area is 112 Å². The lowest BCUT2D eigenvalue weighted by Crippen LogP contribution is -2.42. The second-order valence-electron chi connectivity index (χ2n) is 4.91. The highest BCUT2D eigenvalue weighted by atomic mass is 19.1. The van der Waals surface area contributed by atoms with Gasteiger partial charge in [-0.2, -0.15) is 0 Å². The maximum Gasteiger partial charge on any atom is 0.234 e. The minimum absolute atomic E-state index is 0.00956. The third-order valence-electron chi connectivity index (χ3n) is 3.52. The molecule has 1 amide bonds. The van der Waals surface area contributed by atoms with E-state index >= 15 is 0 Å². The Morgan fingerprint density at radius 2 is 2.16 bits per heavy atom. The van der Waals surface area contributed by atoms with Gasteiger partial charge in [-0.05, 0) is 37.1 Å². The number of carbonyl (C=O) groups excluding carboxylic acids is 1. The van der Waals surface area contributed by atoms with Gasteiger partial charge in [0.1, 0.15) is 5.82 Å². The minimum atomic E-state index is -0.266. The van der Waals surface area contributed by atoms with Crippen LogP contribution in [0.25, 0.3) is 0 Å². The summed E-state index contributed by atoms with van der Waals surface area (Å²) >= 11 is 0. The molecule has 3 N–H and O–H groups in total. The predicted molar refractivity (Wildman–Crippen MR) is 71.9 cm³/mol. The topological polar surface area (TPSA) is 58.4 Å². The van der Waals surface area contributed by atoms with E-state index in [9.17, 15) is 9.18 Å². The molecular formula is C14H20FN3O. The molecule has 0 radical (unpaired) electrons. The fourth-order valence-electron chi connectivity index (χ4n) is 2.41. The van der Waals surface area contributed by atoms with Gasteiger partial charge in [0, 0.05) is 19.1 Å². The number of hydrogen-bond acceptors (Lipinski definition) is 3. The quantitative estimate of drug-likeness (QED) is 0.830. The Morgan fingerprint density at radius 3 is 2.84 bits per heavy atom. The van der Waals surface area contributed by atoms with E-state index in [-0.39, 0.29) is 11.7 Å². The van der Waals surface area contributed by atoms with Crippen LogP contribution in [0.3, 0.4) is 0 Å². The Bertz CT molecular complexity index is 421. The first-order chi connectivity index (χ1) is 9.19. The summed E-state index contributed by atoms with van der Waals surface area (Å²) in [4.78, 5) is 14.0. The summed E-state index contributed by atoms with van der Waals surface area (Å²) < 4.78 is 12.7. The highest BCUT2D eigenvalue weighted by Crippen LogP contribution is 2.15. The van der Waals surface area contributed by atoms with E-state index < -0.39 is 0 Å². The van der Waals surface area contributed by atoms with Crippen LogP contribution in [0.5, 0.6) is 0 Å². The van der Waals surface area contributed by atoms with Crippen LogP contribution in [-0.2, 0) is 11.3 Å². The molecule has 1 saturated heterocycles.